The highest BCUT2D eigenvalue weighted by Crippen LogP contribution is 2.10. The van der Waals surface area contributed by atoms with Crippen LogP contribution in [0.4, 0.5) is 0 Å². The molecule has 1 aliphatic rings. The summed E-state index contributed by atoms with van der Waals surface area (Å²) in [5, 5.41) is 2.92. The molecule has 0 radical (unpaired) electrons. The summed E-state index contributed by atoms with van der Waals surface area (Å²) in [5.74, 6) is 0.546. The SMILES string of the molecule is CCCCCC/C=C\C(=O)NCC1CCOC1. The molecule has 0 aromatic heterocycles. The summed E-state index contributed by atoms with van der Waals surface area (Å²) in [6, 6.07) is 0. The van der Waals surface area contributed by atoms with Crippen LogP contribution in [0.25, 0.3) is 0 Å². The fraction of sp³-hybridized carbons (Fsp3) is 0.786. The van der Waals surface area contributed by atoms with Crippen LogP contribution < -0.4 is 5.32 Å². The zero-order valence-electron chi connectivity index (χ0n) is 10.9. The molecule has 1 amide bonds. The van der Waals surface area contributed by atoms with Crippen LogP contribution >= 0.6 is 0 Å². The maximum atomic E-state index is 11.4. The number of allylic oxidation sites excluding steroid dienone is 1. The third-order valence-corrected chi connectivity index (χ3v) is 3.08. The standard InChI is InChI=1S/C14H25NO2/c1-2-3-4-5-6-7-8-14(16)15-11-13-9-10-17-12-13/h7-8,13H,2-6,9-12H2,1H3,(H,15,16)/b8-7-. The molecule has 1 unspecified atom stereocenters. The number of hydrogen-bond donors (Lipinski definition) is 1. The van der Waals surface area contributed by atoms with Gasteiger partial charge in [0, 0.05) is 19.1 Å². The van der Waals surface area contributed by atoms with Gasteiger partial charge in [-0.2, -0.15) is 0 Å². The van der Waals surface area contributed by atoms with E-state index in [9.17, 15) is 4.79 Å². The van der Waals surface area contributed by atoms with Gasteiger partial charge in [-0.05, 0) is 25.3 Å². The molecule has 0 spiro atoms. The molecule has 17 heavy (non-hydrogen) atoms. The average molecular weight is 239 g/mol. The quantitative estimate of drug-likeness (QED) is 0.522. The minimum absolute atomic E-state index is 0.0346. The molecule has 0 aliphatic carbocycles. The predicted octanol–water partition coefficient (Wildman–Crippen LogP) is 2.67. The average Bonchev–Trinajstić information content (AvgIpc) is 2.84. The number of carbonyl (C=O) groups is 1. The summed E-state index contributed by atoms with van der Waals surface area (Å²) in [5.41, 5.74) is 0. The lowest BCUT2D eigenvalue weighted by atomic mass is 10.1. The first-order valence-electron chi connectivity index (χ1n) is 6.85. The van der Waals surface area contributed by atoms with E-state index in [1.165, 1.54) is 25.7 Å². The molecule has 0 aromatic rings. The Morgan fingerprint density at radius 2 is 2.29 bits per heavy atom. The molecule has 1 N–H and O–H groups in total. The molecule has 1 aliphatic heterocycles. The second kappa shape index (κ2) is 9.23. The van der Waals surface area contributed by atoms with Gasteiger partial charge in [0.1, 0.15) is 0 Å². The molecular weight excluding hydrogens is 214 g/mol. The fourth-order valence-corrected chi connectivity index (χ4v) is 1.93. The van der Waals surface area contributed by atoms with Crippen molar-refractivity contribution >= 4 is 5.91 Å². The van der Waals surface area contributed by atoms with Gasteiger partial charge in [0.2, 0.25) is 5.91 Å². The van der Waals surface area contributed by atoms with E-state index in [0.29, 0.717) is 5.92 Å². The Bertz CT molecular complexity index is 232. The minimum atomic E-state index is 0.0346. The van der Waals surface area contributed by atoms with E-state index >= 15 is 0 Å². The molecule has 0 saturated carbocycles. The van der Waals surface area contributed by atoms with Crippen molar-refractivity contribution in [3.63, 3.8) is 0 Å². The van der Waals surface area contributed by atoms with Crippen molar-refractivity contribution in [2.24, 2.45) is 5.92 Å². The number of ether oxygens (including phenoxy) is 1. The highest BCUT2D eigenvalue weighted by Gasteiger charge is 2.15. The van der Waals surface area contributed by atoms with Crippen molar-refractivity contribution in [1.29, 1.82) is 0 Å². The summed E-state index contributed by atoms with van der Waals surface area (Å²) in [7, 11) is 0. The molecule has 3 nitrogen and oxygen atoms in total. The van der Waals surface area contributed by atoms with E-state index in [4.69, 9.17) is 4.74 Å². The Hall–Kier alpha value is -0.830. The third-order valence-electron chi connectivity index (χ3n) is 3.08. The molecule has 1 rings (SSSR count). The third kappa shape index (κ3) is 7.16. The van der Waals surface area contributed by atoms with Crippen LogP contribution in [0.1, 0.15) is 45.4 Å². The lowest BCUT2D eigenvalue weighted by molar-refractivity contribution is -0.116. The number of amides is 1. The van der Waals surface area contributed by atoms with E-state index in [0.717, 1.165) is 32.6 Å². The molecule has 1 atom stereocenters. The first-order valence-corrected chi connectivity index (χ1v) is 6.85. The summed E-state index contributed by atoms with van der Waals surface area (Å²) in [6.45, 7) is 4.59. The van der Waals surface area contributed by atoms with Crippen LogP contribution in [-0.4, -0.2) is 25.7 Å². The van der Waals surface area contributed by atoms with Crippen LogP contribution in [0.5, 0.6) is 0 Å². The van der Waals surface area contributed by atoms with Crippen molar-refractivity contribution in [2.75, 3.05) is 19.8 Å². The molecule has 98 valence electrons. The van der Waals surface area contributed by atoms with Gasteiger partial charge in [0.05, 0.1) is 6.61 Å². The molecule has 3 heteroatoms. The Kier molecular flexibility index (Phi) is 7.72. The number of nitrogens with one attached hydrogen (secondary N) is 1. The van der Waals surface area contributed by atoms with Crippen molar-refractivity contribution < 1.29 is 9.53 Å². The van der Waals surface area contributed by atoms with E-state index < -0.39 is 0 Å². The Morgan fingerprint density at radius 1 is 1.41 bits per heavy atom. The lowest BCUT2D eigenvalue weighted by Crippen LogP contribution is -2.27. The number of carbonyl (C=O) groups excluding carboxylic acids is 1. The Morgan fingerprint density at radius 3 is 3.00 bits per heavy atom. The minimum Gasteiger partial charge on any atom is -0.381 e. The molecule has 1 fully saturated rings. The van der Waals surface area contributed by atoms with Crippen molar-refractivity contribution in [3.8, 4) is 0 Å². The molecule has 0 aromatic carbocycles. The molecular formula is C14H25NO2. The van der Waals surface area contributed by atoms with E-state index in [2.05, 4.69) is 12.2 Å². The van der Waals surface area contributed by atoms with Gasteiger partial charge in [-0.1, -0.05) is 32.3 Å². The summed E-state index contributed by atoms with van der Waals surface area (Å²) in [6.07, 6.45) is 10.7. The first-order chi connectivity index (χ1) is 8.33. The lowest BCUT2D eigenvalue weighted by Gasteiger charge is -2.07. The van der Waals surface area contributed by atoms with Gasteiger partial charge < -0.3 is 10.1 Å². The van der Waals surface area contributed by atoms with Gasteiger partial charge in [0.15, 0.2) is 0 Å². The zero-order chi connectivity index (χ0) is 12.3. The van der Waals surface area contributed by atoms with Crippen molar-refractivity contribution in [2.45, 2.75) is 45.4 Å². The highest BCUT2D eigenvalue weighted by atomic mass is 16.5. The molecule has 1 saturated heterocycles. The maximum Gasteiger partial charge on any atom is 0.243 e. The second-order valence-corrected chi connectivity index (χ2v) is 4.73. The molecule has 1 heterocycles. The topological polar surface area (TPSA) is 38.3 Å². The Labute approximate surface area is 105 Å². The second-order valence-electron chi connectivity index (χ2n) is 4.73. The molecule has 0 bridgehead atoms. The first kappa shape index (κ1) is 14.2. The predicted molar refractivity (Wildman–Crippen MR) is 69.8 cm³/mol. The number of unbranched alkanes of at least 4 members (excludes halogenated alkanes) is 4. The number of rotatable bonds is 8. The van der Waals surface area contributed by atoms with Crippen molar-refractivity contribution in [3.05, 3.63) is 12.2 Å². The summed E-state index contributed by atoms with van der Waals surface area (Å²) < 4.78 is 5.26. The zero-order valence-corrected chi connectivity index (χ0v) is 10.9. The van der Waals surface area contributed by atoms with Gasteiger partial charge >= 0.3 is 0 Å². The van der Waals surface area contributed by atoms with Gasteiger partial charge in [-0.15, -0.1) is 0 Å². The van der Waals surface area contributed by atoms with E-state index in [1.54, 1.807) is 6.08 Å². The van der Waals surface area contributed by atoms with Gasteiger partial charge in [-0.25, -0.2) is 0 Å². The van der Waals surface area contributed by atoms with E-state index in [-0.39, 0.29) is 5.91 Å². The van der Waals surface area contributed by atoms with Gasteiger partial charge in [0.25, 0.3) is 0 Å². The monoisotopic (exact) mass is 239 g/mol. The maximum absolute atomic E-state index is 11.4. The normalized spacial score (nSPS) is 19.9. The summed E-state index contributed by atoms with van der Waals surface area (Å²) in [4.78, 5) is 11.4. The van der Waals surface area contributed by atoms with Crippen LogP contribution in [0.15, 0.2) is 12.2 Å². The van der Waals surface area contributed by atoms with Crippen LogP contribution in [0.3, 0.4) is 0 Å². The largest absolute Gasteiger partial charge is 0.381 e. The summed E-state index contributed by atoms with van der Waals surface area (Å²) >= 11 is 0. The van der Waals surface area contributed by atoms with Crippen molar-refractivity contribution in [1.82, 2.24) is 5.32 Å². The smallest absolute Gasteiger partial charge is 0.243 e. The fourth-order valence-electron chi connectivity index (χ4n) is 1.93. The number of hydrogen-bond acceptors (Lipinski definition) is 2. The van der Waals surface area contributed by atoms with E-state index in [1.807, 2.05) is 6.08 Å². The van der Waals surface area contributed by atoms with Crippen LogP contribution in [0.2, 0.25) is 0 Å². The van der Waals surface area contributed by atoms with Crippen LogP contribution in [-0.2, 0) is 9.53 Å². The Balaban J connectivity index is 1.97. The van der Waals surface area contributed by atoms with Gasteiger partial charge in [-0.3, -0.25) is 4.79 Å². The van der Waals surface area contributed by atoms with Crippen LogP contribution in [0, 0.1) is 5.92 Å². The highest BCUT2D eigenvalue weighted by molar-refractivity contribution is 5.87.